The lowest BCUT2D eigenvalue weighted by Crippen LogP contribution is -2.72. The van der Waals surface area contributed by atoms with Gasteiger partial charge in [0.15, 0.2) is 5.72 Å². The largest absolute Gasteiger partial charge is 0.495 e. The van der Waals surface area contributed by atoms with Gasteiger partial charge in [0.1, 0.15) is 52.1 Å². The number of allylic oxidation sites excluding steroid dienone is 3. The van der Waals surface area contributed by atoms with Gasteiger partial charge in [-0.2, -0.15) is 0 Å². The summed E-state index contributed by atoms with van der Waals surface area (Å²) in [6.07, 6.45) is 4.20. The molecule has 0 spiro atoms. The van der Waals surface area contributed by atoms with Crippen LogP contribution in [0.3, 0.4) is 0 Å². The van der Waals surface area contributed by atoms with Gasteiger partial charge in [0.25, 0.3) is 0 Å². The van der Waals surface area contributed by atoms with E-state index >= 15 is 0 Å². The van der Waals surface area contributed by atoms with E-state index in [0.29, 0.717) is 24.4 Å². The minimum Gasteiger partial charge on any atom is -0.495 e. The molecule has 3 saturated heterocycles. The number of hydrogen-bond acceptors (Lipinski definition) is 14. The zero-order valence-electron chi connectivity index (χ0n) is 39.9. The Kier molecular flexibility index (Phi) is 16.3. The van der Waals surface area contributed by atoms with Crippen molar-refractivity contribution in [2.45, 2.75) is 145 Å². The second-order valence-corrected chi connectivity index (χ2v) is 20.8. The lowest BCUT2D eigenvalue weighted by atomic mass is 9.72. The maximum atomic E-state index is 14.3. The fourth-order valence-corrected chi connectivity index (χ4v) is 11.4. The van der Waals surface area contributed by atoms with Gasteiger partial charge in [-0.3, -0.25) is 34.2 Å². The average molecular weight is 974 g/mol. The van der Waals surface area contributed by atoms with Crippen molar-refractivity contribution in [2.24, 2.45) is 11.8 Å². The van der Waals surface area contributed by atoms with E-state index in [9.17, 15) is 38.7 Å². The molecule has 4 fully saturated rings. The number of fused-ring (bicyclic) bond motifs is 6. The summed E-state index contributed by atoms with van der Waals surface area (Å²) in [5.74, 6) is -1.27. The third kappa shape index (κ3) is 11.5. The Morgan fingerprint density at radius 1 is 1.06 bits per heavy atom. The number of amides is 5. The summed E-state index contributed by atoms with van der Waals surface area (Å²) in [5, 5.41) is 13.9. The van der Waals surface area contributed by atoms with Crippen LogP contribution in [-0.4, -0.2) is 144 Å². The van der Waals surface area contributed by atoms with Gasteiger partial charge in [0.2, 0.25) is 23.6 Å². The number of Topliss-reactive ketones (excluding diaryl/α,β-unsaturated/α-hetero) is 1. The molecule has 6 aliphatic rings. The third-order valence-electron chi connectivity index (χ3n) is 14.1. The molecule has 8 atom stereocenters. The van der Waals surface area contributed by atoms with Gasteiger partial charge in [0.05, 0.1) is 24.5 Å². The first kappa shape index (κ1) is 51.9. The first-order valence-electron chi connectivity index (χ1n) is 22.8. The minimum atomic E-state index is -1.90. The quantitative estimate of drug-likeness (QED) is 0.201. The van der Waals surface area contributed by atoms with E-state index in [4.69, 9.17) is 35.3 Å². The van der Waals surface area contributed by atoms with E-state index in [1.807, 2.05) is 13.0 Å². The standard InChI is InChI=1S/C48H65ClN4O13S/c1-27-11-10-12-36(63-9)48(61)24-38(65-45(60)50-48)47(5)26-46(4,66-47)37(23-40(56)52(7)33-20-31(19-27)21-34(62-8)42(33)49)64-44(59)28(2)51(6)39(55)17-18-67-35-22-41(57)53(43(35)58)25-30-13-15-32(16-14-30)29(3)54/h10-12,20-21,28,30,32,35-38,61H,13-19,22-26H2,1-9H3,(H,50,60)/b12-10+,27-11+/t28-,30?,32?,35?,36?,37-,38?,46?,47-,48?/m0/s1. The highest BCUT2D eigenvalue weighted by atomic mass is 35.5. The number of benzene rings is 1. The van der Waals surface area contributed by atoms with Gasteiger partial charge >= 0.3 is 12.1 Å². The highest BCUT2D eigenvalue weighted by Gasteiger charge is 2.63. The van der Waals surface area contributed by atoms with Crippen LogP contribution in [-0.2, 0) is 54.1 Å². The summed E-state index contributed by atoms with van der Waals surface area (Å²) >= 11 is 8.03. The Labute approximate surface area is 401 Å². The van der Waals surface area contributed by atoms with Gasteiger partial charge in [-0.25, -0.2) is 9.59 Å². The highest BCUT2D eigenvalue weighted by molar-refractivity contribution is 8.00. The number of halogens is 1. The number of ketones is 1. The normalized spacial score (nSPS) is 33.1. The smallest absolute Gasteiger partial charge is 0.409 e. The van der Waals surface area contributed by atoms with E-state index in [1.54, 1.807) is 52.1 Å². The number of nitrogens with one attached hydrogen (secondary N) is 1. The van der Waals surface area contributed by atoms with Crippen molar-refractivity contribution < 1.29 is 62.4 Å². The Bertz CT molecular complexity index is 2170. The molecule has 368 valence electrons. The van der Waals surface area contributed by atoms with Crippen LogP contribution in [0.25, 0.3) is 0 Å². The number of esters is 1. The van der Waals surface area contributed by atoms with E-state index in [0.717, 1.165) is 36.8 Å². The molecular formula is C48H65ClN4O13S. The number of imide groups is 1. The molecule has 5 unspecified atom stereocenters. The maximum Gasteiger partial charge on any atom is 0.409 e. The Hall–Kier alpha value is -4.49. The van der Waals surface area contributed by atoms with Crippen LogP contribution < -0.4 is 15.0 Å². The van der Waals surface area contributed by atoms with Gasteiger partial charge < -0.3 is 38.6 Å². The molecule has 0 aromatic heterocycles. The lowest BCUT2D eigenvalue weighted by Gasteiger charge is -2.59. The second kappa shape index (κ2) is 21.0. The molecule has 6 bridgehead atoms. The molecule has 67 heavy (non-hydrogen) atoms. The molecule has 1 aromatic carbocycles. The zero-order chi connectivity index (χ0) is 49.2. The van der Waals surface area contributed by atoms with E-state index in [2.05, 4.69) is 5.32 Å². The van der Waals surface area contributed by atoms with Crippen molar-refractivity contribution in [3.63, 3.8) is 0 Å². The third-order valence-corrected chi connectivity index (χ3v) is 15.7. The van der Waals surface area contributed by atoms with Crippen LogP contribution in [0.5, 0.6) is 5.75 Å². The SMILES string of the molecule is COc1cc2cc(c1Cl)N(C)C(=O)C[C@H](OC(=O)[C@H](C)N(C)C(=O)CCSC1CC(=O)N(CC3CCC(C(C)=O)CC3)C1=O)C1(C)C[C@](C)(O1)C1CC(O)(NC(=O)O1)C(OC)/C=C/C=C(\C)C2. The monoisotopic (exact) mass is 972 g/mol. The molecule has 1 aliphatic carbocycles. The minimum absolute atomic E-state index is 0.0304. The molecule has 5 amide bonds. The van der Waals surface area contributed by atoms with Crippen LogP contribution >= 0.6 is 23.4 Å². The maximum absolute atomic E-state index is 14.3. The number of aliphatic hydroxyl groups is 1. The van der Waals surface area contributed by atoms with Crippen molar-refractivity contribution in [1.82, 2.24) is 15.1 Å². The Morgan fingerprint density at radius 2 is 1.75 bits per heavy atom. The number of carbonyl (C=O) groups is 7. The van der Waals surface area contributed by atoms with Crippen LogP contribution in [0.2, 0.25) is 5.02 Å². The topological polar surface area (TPSA) is 208 Å². The number of alkyl carbamates (subject to hydrolysis) is 1. The number of methoxy groups -OCH3 is 2. The first-order chi connectivity index (χ1) is 31.5. The number of rotatable bonds is 12. The first-order valence-corrected chi connectivity index (χ1v) is 24.3. The number of hydrogen-bond donors (Lipinski definition) is 2. The summed E-state index contributed by atoms with van der Waals surface area (Å²) in [6, 6.07) is 2.43. The number of carbonyl (C=O) groups excluding carboxylic acids is 7. The lowest BCUT2D eigenvalue weighted by molar-refractivity contribution is -0.328. The van der Waals surface area contributed by atoms with Crippen LogP contribution in [0.1, 0.15) is 98.0 Å². The van der Waals surface area contributed by atoms with Crippen molar-refractivity contribution in [3.8, 4) is 5.75 Å². The second-order valence-electron chi connectivity index (χ2n) is 19.2. The molecule has 7 rings (SSSR count). The van der Waals surface area contributed by atoms with Gasteiger partial charge in [0, 0.05) is 65.1 Å². The molecule has 5 aliphatic heterocycles. The summed E-state index contributed by atoms with van der Waals surface area (Å²) in [6.45, 7) is 8.73. The van der Waals surface area contributed by atoms with Gasteiger partial charge in [-0.15, -0.1) is 11.8 Å². The number of nitrogens with zero attached hydrogens (tertiary/aromatic N) is 3. The summed E-state index contributed by atoms with van der Waals surface area (Å²) in [5.41, 5.74) is -2.40. The molecule has 2 N–H and O–H groups in total. The Morgan fingerprint density at radius 3 is 2.39 bits per heavy atom. The predicted octanol–water partition coefficient (Wildman–Crippen LogP) is 5.30. The molecule has 5 heterocycles. The number of anilines is 1. The van der Waals surface area contributed by atoms with Crippen molar-refractivity contribution in [1.29, 1.82) is 0 Å². The number of likely N-dealkylation sites (N-methyl/N-ethyl adjacent to an activating group) is 1. The number of ether oxygens (including phenoxy) is 5. The number of thioether (sulfide) groups is 1. The highest BCUT2D eigenvalue weighted by Crippen LogP contribution is 2.50. The van der Waals surface area contributed by atoms with Gasteiger partial charge in [-0.05, 0) is 90.3 Å². The summed E-state index contributed by atoms with van der Waals surface area (Å²) < 4.78 is 29.7. The van der Waals surface area contributed by atoms with E-state index in [1.165, 1.54) is 54.7 Å². The Balaban J connectivity index is 1.16. The molecule has 17 nitrogen and oxygen atoms in total. The van der Waals surface area contributed by atoms with Crippen LogP contribution in [0.4, 0.5) is 10.5 Å². The average Bonchev–Trinajstić information content (AvgIpc) is 3.53. The van der Waals surface area contributed by atoms with E-state index in [-0.39, 0.29) is 72.3 Å². The van der Waals surface area contributed by atoms with Gasteiger partial charge in [-0.1, -0.05) is 35.4 Å². The molecule has 0 radical (unpaired) electrons. The molecule has 1 aromatic rings. The fraction of sp³-hybridized carbons (Fsp3) is 0.646. The van der Waals surface area contributed by atoms with Crippen molar-refractivity contribution >= 4 is 70.5 Å². The number of likely N-dealkylation sites (tertiary alicyclic amines) is 1. The zero-order valence-corrected chi connectivity index (χ0v) is 41.5. The predicted molar refractivity (Wildman–Crippen MR) is 249 cm³/mol. The fourth-order valence-electron chi connectivity index (χ4n) is 9.96. The molecular weight excluding hydrogens is 908 g/mol. The van der Waals surface area contributed by atoms with Crippen molar-refractivity contribution in [2.75, 3.05) is 45.5 Å². The van der Waals surface area contributed by atoms with Crippen LogP contribution in [0, 0.1) is 11.8 Å². The van der Waals surface area contributed by atoms with E-state index < -0.39 is 70.4 Å². The van der Waals surface area contributed by atoms with Crippen molar-refractivity contribution in [3.05, 3.63) is 46.5 Å². The van der Waals surface area contributed by atoms with Crippen LogP contribution in [0.15, 0.2) is 35.9 Å². The molecule has 1 saturated carbocycles. The molecule has 19 heteroatoms. The summed E-state index contributed by atoms with van der Waals surface area (Å²) in [4.78, 5) is 96.8. The summed E-state index contributed by atoms with van der Waals surface area (Å²) in [7, 11) is 5.90.